The molecule has 2 N–H and O–H groups in total. The van der Waals surface area contributed by atoms with Gasteiger partial charge in [0.1, 0.15) is 12.3 Å². The van der Waals surface area contributed by atoms with E-state index in [0.29, 0.717) is 29.5 Å². The molecule has 1 spiro atoms. The number of carbonyl (C=O) groups excluding carboxylic acids is 2. The summed E-state index contributed by atoms with van der Waals surface area (Å²) in [4.78, 5) is 24.5. The minimum Gasteiger partial charge on any atom is -0.493 e. The van der Waals surface area contributed by atoms with E-state index in [-0.39, 0.29) is 24.8 Å². The Morgan fingerprint density at radius 2 is 2.00 bits per heavy atom. The largest absolute Gasteiger partial charge is 0.493 e. The van der Waals surface area contributed by atoms with Crippen LogP contribution in [0.5, 0.6) is 5.75 Å². The van der Waals surface area contributed by atoms with Crippen molar-refractivity contribution >= 4 is 17.5 Å². The first-order valence-electron chi connectivity index (χ1n) is 11.1. The standard InChI is InChI=1S/C24H28N4O3/c29-22(8-11-31-20-4-2-1-3-5-20)27-19-14-26-28(15-19)16-23(30)25-13-17-12-18-6-7-21(17)24(18)9-10-24/h1-7,14-15,17-18,21H,8-13,16H2,(H,25,30)(H,27,29)/t17-,18-,21-/m0/s1. The zero-order chi connectivity index (χ0) is 21.3. The second-order valence-electron chi connectivity index (χ2n) is 8.94. The number of hydrogen-bond acceptors (Lipinski definition) is 4. The number of hydrogen-bond donors (Lipinski definition) is 2. The van der Waals surface area contributed by atoms with Gasteiger partial charge in [-0.3, -0.25) is 14.3 Å². The Bertz CT molecular complexity index is 980. The quantitative estimate of drug-likeness (QED) is 0.611. The molecular formula is C24H28N4O3. The Kier molecular flexibility index (Phi) is 5.26. The minimum absolute atomic E-state index is 0.0474. The lowest BCUT2D eigenvalue weighted by molar-refractivity contribution is -0.122. The normalized spacial score (nSPS) is 24.3. The first-order chi connectivity index (χ1) is 15.1. The van der Waals surface area contributed by atoms with Crippen LogP contribution in [0, 0.1) is 23.2 Å². The van der Waals surface area contributed by atoms with Crippen LogP contribution in [0.4, 0.5) is 5.69 Å². The summed E-state index contributed by atoms with van der Waals surface area (Å²) in [5.41, 5.74) is 1.13. The van der Waals surface area contributed by atoms with Gasteiger partial charge in [-0.05, 0) is 54.6 Å². The molecule has 3 aliphatic rings. The van der Waals surface area contributed by atoms with E-state index in [1.807, 2.05) is 30.3 Å². The molecule has 7 nitrogen and oxygen atoms in total. The zero-order valence-corrected chi connectivity index (χ0v) is 17.5. The third-order valence-electron chi connectivity index (χ3n) is 6.97. The average molecular weight is 421 g/mol. The third-order valence-corrected chi connectivity index (χ3v) is 6.97. The monoisotopic (exact) mass is 420 g/mol. The molecule has 2 aromatic rings. The highest BCUT2D eigenvalue weighted by molar-refractivity contribution is 5.90. The molecule has 1 heterocycles. The smallest absolute Gasteiger partial charge is 0.241 e. The lowest BCUT2D eigenvalue weighted by Gasteiger charge is -2.20. The summed E-state index contributed by atoms with van der Waals surface area (Å²) < 4.78 is 7.09. The Morgan fingerprint density at radius 1 is 1.16 bits per heavy atom. The van der Waals surface area contributed by atoms with Crippen molar-refractivity contribution in [2.24, 2.45) is 23.2 Å². The Balaban J connectivity index is 1.03. The summed E-state index contributed by atoms with van der Waals surface area (Å²) in [7, 11) is 0. The van der Waals surface area contributed by atoms with Crippen LogP contribution in [-0.4, -0.2) is 34.7 Å². The maximum atomic E-state index is 12.4. The maximum Gasteiger partial charge on any atom is 0.241 e. The topological polar surface area (TPSA) is 85.2 Å². The van der Waals surface area contributed by atoms with Gasteiger partial charge < -0.3 is 15.4 Å². The first-order valence-corrected chi connectivity index (χ1v) is 11.1. The van der Waals surface area contributed by atoms with E-state index >= 15 is 0 Å². The van der Waals surface area contributed by atoms with Crippen molar-refractivity contribution in [3.63, 3.8) is 0 Å². The molecule has 162 valence electrons. The van der Waals surface area contributed by atoms with Gasteiger partial charge in [0.15, 0.2) is 0 Å². The number of benzene rings is 1. The number of para-hydroxylation sites is 1. The summed E-state index contributed by atoms with van der Waals surface area (Å²) in [5, 5.41) is 10.1. The molecule has 0 saturated heterocycles. The molecule has 1 aromatic carbocycles. The number of nitrogens with one attached hydrogen (secondary N) is 2. The summed E-state index contributed by atoms with van der Waals surface area (Å²) >= 11 is 0. The Labute approximate surface area is 181 Å². The fourth-order valence-corrected chi connectivity index (χ4v) is 5.32. The van der Waals surface area contributed by atoms with E-state index in [2.05, 4.69) is 27.9 Å². The Morgan fingerprint density at radius 3 is 2.77 bits per heavy atom. The van der Waals surface area contributed by atoms with Crippen LogP contribution in [-0.2, 0) is 16.1 Å². The summed E-state index contributed by atoms with van der Waals surface area (Å²) in [6.45, 7) is 1.18. The van der Waals surface area contributed by atoms with Gasteiger partial charge in [-0.1, -0.05) is 30.4 Å². The second-order valence-corrected chi connectivity index (χ2v) is 8.94. The van der Waals surface area contributed by atoms with Crippen LogP contribution in [0.25, 0.3) is 0 Å². The molecule has 2 amide bonds. The van der Waals surface area contributed by atoms with Crippen molar-refractivity contribution in [3.05, 3.63) is 54.9 Å². The van der Waals surface area contributed by atoms with Crippen LogP contribution >= 0.6 is 0 Å². The number of carbonyl (C=O) groups is 2. The number of rotatable bonds is 9. The molecule has 3 atom stereocenters. The van der Waals surface area contributed by atoms with Crippen molar-refractivity contribution in [1.82, 2.24) is 15.1 Å². The van der Waals surface area contributed by atoms with E-state index in [4.69, 9.17) is 4.74 Å². The van der Waals surface area contributed by atoms with Crippen molar-refractivity contribution in [3.8, 4) is 5.75 Å². The van der Waals surface area contributed by atoms with Gasteiger partial charge in [-0.2, -0.15) is 5.10 Å². The molecule has 2 bridgehead atoms. The van der Waals surface area contributed by atoms with E-state index < -0.39 is 0 Å². The van der Waals surface area contributed by atoms with Gasteiger partial charge in [0.05, 0.1) is 24.9 Å². The molecule has 31 heavy (non-hydrogen) atoms. The lowest BCUT2D eigenvalue weighted by atomic mass is 9.89. The second kappa shape index (κ2) is 8.21. The van der Waals surface area contributed by atoms with Gasteiger partial charge in [0, 0.05) is 12.7 Å². The maximum absolute atomic E-state index is 12.4. The average Bonchev–Trinajstić information content (AvgIpc) is 3.24. The SMILES string of the molecule is O=C(Cn1cc(NC(=O)CCOc2ccccc2)cn1)NC[C@@H]1C[C@@H]2C=C[C@@H]1C21CC1. The third kappa shape index (κ3) is 4.22. The summed E-state index contributed by atoms with van der Waals surface area (Å²) in [6.07, 6.45) is 12.1. The number of allylic oxidation sites excluding steroid dienone is 2. The molecule has 0 unspecified atom stereocenters. The predicted octanol–water partition coefficient (Wildman–Crippen LogP) is 3.01. The van der Waals surface area contributed by atoms with Gasteiger partial charge in [0.25, 0.3) is 0 Å². The molecule has 7 heteroatoms. The predicted molar refractivity (Wildman–Crippen MR) is 116 cm³/mol. The van der Waals surface area contributed by atoms with Crippen molar-refractivity contribution < 1.29 is 14.3 Å². The fraction of sp³-hybridized carbons (Fsp3) is 0.458. The molecular weight excluding hydrogens is 392 g/mol. The number of nitrogens with zero attached hydrogens (tertiary/aromatic N) is 2. The van der Waals surface area contributed by atoms with Crippen molar-refractivity contribution in [1.29, 1.82) is 0 Å². The van der Waals surface area contributed by atoms with E-state index in [1.165, 1.54) is 19.3 Å². The van der Waals surface area contributed by atoms with Crippen molar-refractivity contribution in [2.75, 3.05) is 18.5 Å². The fourth-order valence-electron chi connectivity index (χ4n) is 5.32. The Hall–Kier alpha value is -3.09. The lowest BCUT2D eigenvalue weighted by Crippen LogP contribution is -2.34. The van der Waals surface area contributed by atoms with Crippen LogP contribution in [0.1, 0.15) is 25.7 Å². The molecule has 3 aliphatic carbocycles. The van der Waals surface area contributed by atoms with Gasteiger partial charge in [0.2, 0.25) is 11.8 Å². The van der Waals surface area contributed by atoms with Gasteiger partial charge in [-0.25, -0.2) is 0 Å². The van der Waals surface area contributed by atoms with E-state index in [0.717, 1.165) is 18.2 Å². The van der Waals surface area contributed by atoms with E-state index in [9.17, 15) is 9.59 Å². The molecule has 0 radical (unpaired) electrons. The highest BCUT2D eigenvalue weighted by Crippen LogP contribution is 2.69. The zero-order valence-electron chi connectivity index (χ0n) is 17.5. The highest BCUT2D eigenvalue weighted by atomic mass is 16.5. The molecule has 1 aromatic heterocycles. The van der Waals surface area contributed by atoms with Crippen LogP contribution in [0.3, 0.4) is 0 Å². The van der Waals surface area contributed by atoms with Gasteiger partial charge >= 0.3 is 0 Å². The van der Waals surface area contributed by atoms with Crippen LogP contribution < -0.4 is 15.4 Å². The summed E-state index contributed by atoms with van der Waals surface area (Å²) in [6, 6.07) is 9.39. The first kappa shape index (κ1) is 19.8. The number of amides is 2. The minimum atomic E-state index is -0.154. The number of ether oxygens (including phenoxy) is 1. The highest BCUT2D eigenvalue weighted by Gasteiger charge is 2.62. The summed E-state index contributed by atoms with van der Waals surface area (Å²) in [5.74, 6) is 2.48. The van der Waals surface area contributed by atoms with Gasteiger partial charge in [-0.15, -0.1) is 0 Å². The molecule has 5 rings (SSSR count). The number of aromatic nitrogens is 2. The molecule has 0 aliphatic heterocycles. The van der Waals surface area contributed by atoms with E-state index in [1.54, 1.807) is 17.1 Å². The number of anilines is 1. The van der Waals surface area contributed by atoms with Crippen LogP contribution in [0.2, 0.25) is 0 Å². The molecule has 2 saturated carbocycles. The van der Waals surface area contributed by atoms with Crippen LogP contribution in [0.15, 0.2) is 54.9 Å². The van der Waals surface area contributed by atoms with Crippen molar-refractivity contribution in [2.45, 2.75) is 32.2 Å². The molecule has 2 fully saturated rings.